The molecule has 0 aromatic heterocycles. The molecule has 1 aromatic rings. The van der Waals surface area contributed by atoms with Gasteiger partial charge in [0.05, 0.1) is 0 Å². The van der Waals surface area contributed by atoms with E-state index < -0.39 is 17.5 Å². The van der Waals surface area contributed by atoms with Gasteiger partial charge in [-0.25, -0.2) is 9.59 Å². The molecule has 1 unspecified atom stereocenters. The Labute approximate surface area is 127 Å². The Morgan fingerprint density at radius 3 is 2.55 bits per heavy atom. The van der Waals surface area contributed by atoms with E-state index in [1.54, 1.807) is 25.1 Å². The van der Waals surface area contributed by atoms with E-state index >= 15 is 0 Å². The third kappa shape index (κ3) is 4.28. The first-order chi connectivity index (χ1) is 9.28. The maximum atomic E-state index is 11.7. The maximum Gasteiger partial charge on any atom is 0.329 e. The molecule has 2 amide bonds. The first kappa shape index (κ1) is 16.6. The Morgan fingerprint density at radius 2 is 2.00 bits per heavy atom. The molecule has 1 aromatic carbocycles. The quantitative estimate of drug-likeness (QED) is 0.780. The van der Waals surface area contributed by atoms with Crippen LogP contribution in [0.4, 0.5) is 4.79 Å². The smallest absolute Gasteiger partial charge is 0.329 e. The van der Waals surface area contributed by atoms with Gasteiger partial charge in [-0.15, -0.1) is 0 Å². The molecule has 0 saturated carbocycles. The van der Waals surface area contributed by atoms with Crippen LogP contribution in [0.3, 0.4) is 0 Å². The molecule has 5 nitrogen and oxygen atoms in total. The summed E-state index contributed by atoms with van der Waals surface area (Å²) in [5, 5.41) is 15.0. The zero-order chi connectivity index (χ0) is 15.3. The van der Waals surface area contributed by atoms with Gasteiger partial charge in [0.25, 0.3) is 0 Å². The second kappa shape index (κ2) is 6.81. The minimum atomic E-state index is -1.30. The molecule has 0 aliphatic rings. The zero-order valence-corrected chi connectivity index (χ0v) is 12.7. The van der Waals surface area contributed by atoms with Gasteiger partial charge in [0.15, 0.2) is 0 Å². The molecule has 0 aliphatic carbocycles. The molecule has 3 N–H and O–H groups in total. The lowest BCUT2D eigenvalue weighted by Crippen LogP contribution is -2.54. The van der Waals surface area contributed by atoms with Crippen molar-refractivity contribution in [1.82, 2.24) is 10.6 Å². The topological polar surface area (TPSA) is 78.4 Å². The monoisotopic (exact) mass is 318 g/mol. The van der Waals surface area contributed by atoms with E-state index in [-0.39, 0.29) is 13.0 Å². The van der Waals surface area contributed by atoms with Gasteiger partial charge in [-0.05, 0) is 37.1 Å². The van der Waals surface area contributed by atoms with Crippen molar-refractivity contribution in [2.24, 2.45) is 0 Å². The highest BCUT2D eigenvalue weighted by atomic mass is 35.5. The van der Waals surface area contributed by atoms with E-state index in [4.69, 9.17) is 28.3 Å². The van der Waals surface area contributed by atoms with E-state index in [1.807, 2.05) is 0 Å². The van der Waals surface area contributed by atoms with Gasteiger partial charge in [0.1, 0.15) is 5.54 Å². The molecule has 20 heavy (non-hydrogen) atoms. The zero-order valence-electron chi connectivity index (χ0n) is 11.2. The highest BCUT2D eigenvalue weighted by Crippen LogP contribution is 2.20. The number of carbonyl (C=O) groups excluding carboxylic acids is 1. The molecule has 0 fully saturated rings. The SMILES string of the molecule is CCC(C)(NC(=O)NCc1cc(Cl)ccc1Cl)C(=O)O. The Morgan fingerprint density at radius 1 is 1.35 bits per heavy atom. The summed E-state index contributed by atoms with van der Waals surface area (Å²) in [6, 6.07) is 4.34. The van der Waals surface area contributed by atoms with E-state index in [9.17, 15) is 9.59 Å². The number of hydrogen-bond donors (Lipinski definition) is 3. The summed E-state index contributed by atoms with van der Waals surface area (Å²) < 4.78 is 0. The van der Waals surface area contributed by atoms with Crippen LogP contribution < -0.4 is 10.6 Å². The minimum Gasteiger partial charge on any atom is -0.480 e. The summed E-state index contributed by atoms with van der Waals surface area (Å²) >= 11 is 11.8. The summed E-state index contributed by atoms with van der Waals surface area (Å²) in [6.07, 6.45) is 0.272. The van der Waals surface area contributed by atoms with Crippen LogP contribution in [0.25, 0.3) is 0 Å². The summed E-state index contributed by atoms with van der Waals surface area (Å²) in [6.45, 7) is 3.29. The van der Waals surface area contributed by atoms with Crippen LogP contribution in [-0.4, -0.2) is 22.6 Å². The number of carbonyl (C=O) groups is 2. The lowest BCUT2D eigenvalue weighted by Gasteiger charge is -2.24. The highest BCUT2D eigenvalue weighted by Gasteiger charge is 2.32. The van der Waals surface area contributed by atoms with Crippen molar-refractivity contribution in [2.45, 2.75) is 32.4 Å². The first-order valence-electron chi connectivity index (χ1n) is 6.02. The van der Waals surface area contributed by atoms with Gasteiger partial charge in [-0.3, -0.25) is 0 Å². The van der Waals surface area contributed by atoms with Crippen LogP contribution in [-0.2, 0) is 11.3 Å². The van der Waals surface area contributed by atoms with Crippen molar-refractivity contribution in [3.8, 4) is 0 Å². The highest BCUT2D eigenvalue weighted by molar-refractivity contribution is 6.33. The number of benzene rings is 1. The maximum absolute atomic E-state index is 11.7. The van der Waals surface area contributed by atoms with Crippen LogP contribution in [0, 0.1) is 0 Å². The van der Waals surface area contributed by atoms with Crippen LogP contribution in [0.2, 0.25) is 10.0 Å². The summed E-state index contributed by atoms with van der Waals surface area (Å²) in [5.41, 5.74) is -0.648. The van der Waals surface area contributed by atoms with Crippen molar-refractivity contribution in [3.63, 3.8) is 0 Å². The predicted molar refractivity (Wildman–Crippen MR) is 78.2 cm³/mol. The molecule has 0 bridgehead atoms. The van der Waals surface area contributed by atoms with Crippen LogP contribution in [0.15, 0.2) is 18.2 Å². The molecule has 7 heteroatoms. The van der Waals surface area contributed by atoms with Gasteiger partial charge in [0.2, 0.25) is 0 Å². The third-order valence-electron chi connectivity index (χ3n) is 3.02. The fraction of sp³-hybridized carbons (Fsp3) is 0.385. The second-order valence-electron chi connectivity index (χ2n) is 4.53. The second-order valence-corrected chi connectivity index (χ2v) is 5.38. The minimum absolute atomic E-state index is 0.157. The van der Waals surface area contributed by atoms with Crippen LogP contribution in [0.5, 0.6) is 0 Å². The largest absolute Gasteiger partial charge is 0.480 e. The average Bonchev–Trinajstić information content (AvgIpc) is 2.39. The number of carboxylic acid groups (broad SMARTS) is 1. The van der Waals surface area contributed by atoms with Gasteiger partial charge in [-0.1, -0.05) is 30.1 Å². The van der Waals surface area contributed by atoms with Gasteiger partial charge < -0.3 is 15.7 Å². The van der Waals surface area contributed by atoms with Crippen LogP contribution >= 0.6 is 23.2 Å². The fourth-order valence-electron chi connectivity index (χ4n) is 1.44. The van der Waals surface area contributed by atoms with Crippen molar-refractivity contribution >= 4 is 35.2 Å². The van der Waals surface area contributed by atoms with E-state index in [1.165, 1.54) is 6.92 Å². The van der Waals surface area contributed by atoms with Crippen molar-refractivity contribution in [2.75, 3.05) is 0 Å². The standard InChI is InChI=1S/C13H16Cl2N2O3/c1-3-13(2,11(18)19)17-12(20)16-7-8-6-9(14)4-5-10(8)15/h4-6H,3,7H2,1-2H3,(H,18,19)(H2,16,17,20). The molecule has 0 spiro atoms. The molecule has 0 saturated heterocycles. The Hall–Kier alpha value is -1.46. The Kier molecular flexibility index (Phi) is 5.65. The van der Waals surface area contributed by atoms with E-state index in [0.29, 0.717) is 15.6 Å². The third-order valence-corrected chi connectivity index (χ3v) is 3.62. The average molecular weight is 319 g/mol. The van der Waals surface area contributed by atoms with Crippen LogP contribution in [0.1, 0.15) is 25.8 Å². The number of halogens is 2. The van der Waals surface area contributed by atoms with Crippen molar-refractivity contribution in [3.05, 3.63) is 33.8 Å². The molecular weight excluding hydrogens is 303 g/mol. The molecule has 1 rings (SSSR count). The number of amides is 2. The van der Waals surface area contributed by atoms with Crippen molar-refractivity contribution in [1.29, 1.82) is 0 Å². The number of carboxylic acids is 1. The Balaban J connectivity index is 2.64. The Bertz CT molecular complexity index is 522. The molecular formula is C13H16Cl2N2O3. The summed E-state index contributed by atoms with van der Waals surface area (Å²) in [4.78, 5) is 22.8. The van der Waals surface area contributed by atoms with Crippen molar-refractivity contribution < 1.29 is 14.7 Å². The molecule has 0 radical (unpaired) electrons. The molecule has 110 valence electrons. The number of nitrogens with one attached hydrogen (secondary N) is 2. The van der Waals surface area contributed by atoms with Gasteiger partial charge in [0, 0.05) is 16.6 Å². The summed E-state index contributed by atoms with van der Waals surface area (Å²) in [5.74, 6) is -1.09. The molecule has 1 atom stereocenters. The van der Waals surface area contributed by atoms with E-state index in [2.05, 4.69) is 10.6 Å². The molecule has 0 aliphatic heterocycles. The lowest BCUT2D eigenvalue weighted by molar-refractivity contribution is -0.143. The number of aliphatic carboxylic acids is 1. The number of urea groups is 1. The number of rotatable bonds is 5. The summed E-state index contributed by atoms with van der Waals surface area (Å²) in [7, 11) is 0. The number of hydrogen-bond acceptors (Lipinski definition) is 2. The van der Waals surface area contributed by atoms with Gasteiger partial charge >= 0.3 is 12.0 Å². The van der Waals surface area contributed by atoms with E-state index in [0.717, 1.165) is 0 Å². The normalized spacial score (nSPS) is 13.4. The fourth-order valence-corrected chi connectivity index (χ4v) is 1.82. The first-order valence-corrected chi connectivity index (χ1v) is 6.77. The van der Waals surface area contributed by atoms with Gasteiger partial charge in [-0.2, -0.15) is 0 Å². The predicted octanol–water partition coefficient (Wildman–Crippen LogP) is 3.05. The lowest BCUT2D eigenvalue weighted by atomic mass is 10.00. The molecule has 0 heterocycles.